The summed E-state index contributed by atoms with van der Waals surface area (Å²) in [5, 5.41) is 18.9. The van der Waals surface area contributed by atoms with Gasteiger partial charge >= 0.3 is 11.9 Å². The number of aliphatic carboxylic acids is 2. The third-order valence-electron chi connectivity index (χ3n) is 5.01. The molecule has 1 atom stereocenters. The highest BCUT2D eigenvalue weighted by Gasteiger charge is 2.43. The molecule has 0 aromatic carbocycles. The fourth-order valence-electron chi connectivity index (χ4n) is 3.55. The van der Waals surface area contributed by atoms with Crippen LogP contribution in [0.25, 0.3) is 0 Å². The minimum Gasteiger partial charge on any atom is -0.481 e. The Bertz CT molecular complexity index is 330. The van der Waals surface area contributed by atoms with Crippen LogP contribution < -0.4 is 0 Å². The number of carboxylic acids is 2. The zero-order valence-electron chi connectivity index (χ0n) is 15.3. The lowest BCUT2D eigenvalue weighted by molar-refractivity contribution is -0.155. The molecular weight excluding hydrogens is 292 g/mol. The Hall–Kier alpha value is -1.06. The molecule has 0 rings (SSSR count). The maximum absolute atomic E-state index is 12.2. The van der Waals surface area contributed by atoms with Gasteiger partial charge in [-0.15, -0.1) is 0 Å². The van der Waals surface area contributed by atoms with Crippen molar-refractivity contribution >= 4 is 11.9 Å². The first-order chi connectivity index (χ1) is 10.9. The molecule has 0 aliphatic heterocycles. The summed E-state index contributed by atoms with van der Waals surface area (Å²) in [4.78, 5) is 23.0. The van der Waals surface area contributed by atoms with E-state index in [1.54, 1.807) is 0 Å². The second kappa shape index (κ2) is 12.4. The molecule has 0 saturated carbocycles. The van der Waals surface area contributed by atoms with Crippen molar-refractivity contribution in [3.63, 3.8) is 0 Å². The first-order valence-electron chi connectivity index (χ1n) is 9.39. The van der Waals surface area contributed by atoms with Gasteiger partial charge < -0.3 is 10.2 Å². The Morgan fingerprint density at radius 2 is 1.30 bits per heavy atom. The Kier molecular flexibility index (Phi) is 11.8. The molecular formula is C19H36O4. The van der Waals surface area contributed by atoms with Crippen LogP contribution in [-0.4, -0.2) is 22.2 Å². The van der Waals surface area contributed by atoms with Crippen LogP contribution in [-0.2, 0) is 9.59 Å². The van der Waals surface area contributed by atoms with Gasteiger partial charge in [-0.25, -0.2) is 0 Å². The van der Waals surface area contributed by atoms with Crippen LogP contribution in [0.15, 0.2) is 0 Å². The van der Waals surface area contributed by atoms with E-state index in [9.17, 15) is 14.7 Å². The number of hydrogen-bond acceptors (Lipinski definition) is 2. The van der Waals surface area contributed by atoms with Crippen molar-refractivity contribution in [2.24, 2.45) is 11.3 Å². The molecule has 1 unspecified atom stereocenters. The quantitative estimate of drug-likeness (QED) is 0.416. The predicted octanol–water partition coefficient (Wildman–Crippen LogP) is 5.50. The van der Waals surface area contributed by atoms with Crippen molar-refractivity contribution in [3.8, 4) is 0 Å². The Balaban J connectivity index is 5.26. The summed E-state index contributed by atoms with van der Waals surface area (Å²) in [5.41, 5.74) is -0.667. The summed E-state index contributed by atoms with van der Waals surface area (Å²) in [6, 6.07) is 0. The van der Waals surface area contributed by atoms with Crippen LogP contribution in [0.4, 0.5) is 0 Å². The summed E-state index contributed by atoms with van der Waals surface area (Å²) in [6.45, 7) is 6.31. The van der Waals surface area contributed by atoms with Gasteiger partial charge in [0.05, 0.1) is 5.41 Å². The molecule has 0 aromatic heterocycles. The zero-order chi connectivity index (χ0) is 17.7. The third kappa shape index (κ3) is 7.85. The van der Waals surface area contributed by atoms with E-state index in [1.807, 2.05) is 0 Å². The highest BCUT2D eigenvalue weighted by molar-refractivity contribution is 5.75. The largest absolute Gasteiger partial charge is 0.481 e. The van der Waals surface area contributed by atoms with Gasteiger partial charge in [0.25, 0.3) is 0 Å². The maximum Gasteiger partial charge on any atom is 0.309 e. The van der Waals surface area contributed by atoms with Crippen LogP contribution >= 0.6 is 0 Å². The van der Waals surface area contributed by atoms with E-state index in [-0.39, 0.29) is 12.3 Å². The van der Waals surface area contributed by atoms with Crippen molar-refractivity contribution in [1.29, 1.82) is 0 Å². The van der Waals surface area contributed by atoms with Gasteiger partial charge in [-0.05, 0) is 38.0 Å². The molecule has 0 bridgehead atoms. The Morgan fingerprint density at radius 3 is 1.70 bits per heavy atom. The van der Waals surface area contributed by atoms with E-state index in [0.717, 1.165) is 57.8 Å². The molecule has 0 aliphatic carbocycles. The molecule has 0 heterocycles. The molecule has 0 radical (unpaired) electrons. The number of unbranched alkanes of at least 4 members (excludes halogenated alkanes) is 3. The SMILES string of the molecule is CCCCC(CCCC(=O)O)C(CCCC)(CCCC)C(=O)O. The lowest BCUT2D eigenvalue weighted by Crippen LogP contribution is -2.39. The minimum atomic E-state index is -0.790. The fourth-order valence-corrected chi connectivity index (χ4v) is 3.55. The number of hydrogen-bond donors (Lipinski definition) is 2. The van der Waals surface area contributed by atoms with Crippen LogP contribution in [0.3, 0.4) is 0 Å². The molecule has 4 nitrogen and oxygen atoms in total. The molecule has 136 valence electrons. The van der Waals surface area contributed by atoms with Crippen LogP contribution in [0, 0.1) is 11.3 Å². The minimum absolute atomic E-state index is 0.0948. The van der Waals surface area contributed by atoms with E-state index in [0.29, 0.717) is 12.8 Å². The van der Waals surface area contributed by atoms with E-state index in [4.69, 9.17) is 5.11 Å². The summed E-state index contributed by atoms with van der Waals surface area (Å²) < 4.78 is 0. The number of carboxylic acid groups (broad SMARTS) is 2. The summed E-state index contributed by atoms with van der Waals surface area (Å²) in [7, 11) is 0. The summed E-state index contributed by atoms with van der Waals surface area (Å²) >= 11 is 0. The third-order valence-corrected chi connectivity index (χ3v) is 5.01. The van der Waals surface area contributed by atoms with Gasteiger partial charge in [-0.3, -0.25) is 9.59 Å². The van der Waals surface area contributed by atoms with Gasteiger partial charge in [0.2, 0.25) is 0 Å². The average molecular weight is 328 g/mol. The van der Waals surface area contributed by atoms with E-state index in [2.05, 4.69) is 20.8 Å². The lowest BCUT2D eigenvalue weighted by atomic mass is 9.65. The topological polar surface area (TPSA) is 74.6 Å². The summed E-state index contributed by atoms with van der Waals surface area (Å²) in [6.07, 6.45) is 9.69. The molecule has 0 spiro atoms. The molecule has 0 fully saturated rings. The highest BCUT2D eigenvalue weighted by atomic mass is 16.4. The zero-order valence-corrected chi connectivity index (χ0v) is 15.3. The first-order valence-corrected chi connectivity index (χ1v) is 9.39. The average Bonchev–Trinajstić information content (AvgIpc) is 2.51. The van der Waals surface area contributed by atoms with Crippen molar-refractivity contribution in [2.75, 3.05) is 0 Å². The maximum atomic E-state index is 12.2. The van der Waals surface area contributed by atoms with Crippen molar-refractivity contribution in [1.82, 2.24) is 0 Å². The molecule has 0 saturated heterocycles. The van der Waals surface area contributed by atoms with E-state index in [1.165, 1.54) is 0 Å². The highest BCUT2D eigenvalue weighted by Crippen LogP contribution is 2.44. The predicted molar refractivity (Wildman–Crippen MR) is 93.6 cm³/mol. The van der Waals surface area contributed by atoms with Crippen molar-refractivity contribution in [3.05, 3.63) is 0 Å². The second-order valence-electron chi connectivity index (χ2n) is 6.79. The van der Waals surface area contributed by atoms with Gasteiger partial charge in [-0.1, -0.05) is 59.3 Å². The van der Waals surface area contributed by atoms with Crippen LogP contribution in [0.2, 0.25) is 0 Å². The number of carbonyl (C=O) groups is 2. The fraction of sp³-hybridized carbons (Fsp3) is 0.895. The van der Waals surface area contributed by atoms with Crippen molar-refractivity contribution < 1.29 is 19.8 Å². The summed E-state index contributed by atoms with van der Waals surface area (Å²) in [5.74, 6) is -1.37. The van der Waals surface area contributed by atoms with Crippen LogP contribution in [0.5, 0.6) is 0 Å². The van der Waals surface area contributed by atoms with E-state index < -0.39 is 17.4 Å². The molecule has 4 heteroatoms. The molecule has 2 N–H and O–H groups in total. The normalized spacial score (nSPS) is 13.0. The molecule has 0 amide bonds. The van der Waals surface area contributed by atoms with Crippen LogP contribution in [0.1, 0.15) is 97.8 Å². The Labute approximate surface area is 141 Å². The van der Waals surface area contributed by atoms with E-state index >= 15 is 0 Å². The lowest BCUT2D eigenvalue weighted by Gasteiger charge is -2.38. The smallest absolute Gasteiger partial charge is 0.309 e. The molecule has 23 heavy (non-hydrogen) atoms. The van der Waals surface area contributed by atoms with Gasteiger partial charge in [0.15, 0.2) is 0 Å². The second-order valence-corrected chi connectivity index (χ2v) is 6.79. The molecule has 0 aliphatic rings. The van der Waals surface area contributed by atoms with Gasteiger partial charge in [-0.2, -0.15) is 0 Å². The standard InChI is InChI=1S/C19H36O4/c1-4-7-11-16(12-10-13-17(20)21)19(18(22)23,14-8-5-2)15-9-6-3/h16H,4-15H2,1-3H3,(H,20,21)(H,22,23). The molecule has 0 aromatic rings. The first kappa shape index (κ1) is 21.9. The van der Waals surface area contributed by atoms with Crippen molar-refractivity contribution in [2.45, 2.75) is 97.8 Å². The van der Waals surface area contributed by atoms with Gasteiger partial charge in [0.1, 0.15) is 0 Å². The Morgan fingerprint density at radius 1 is 0.826 bits per heavy atom. The monoisotopic (exact) mass is 328 g/mol. The number of rotatable bonds is 15. The van der Waals surface area contributed by atoms with Gasteiger partial charge in [0, 0.05) is 6.42 Å².